The number of hydrogen-bond acceptors (Lipinski definition) is 6. The lowest BCUT2D eigenvalue weighted by molar-refractivity contribution is 0.300. The van der Waals surface area contributed by atoms with Gasteiger partial charge in [0.05, 0.1) is 6.54 Å². The molecule has 7 heteroatoms. The van der Waals surface area contributed by atoms with Gasteiger partial charge in [0.1, 0.15) is 11.6 Å². The van der Waals surface area contributed by atoms with Crippen LogP contribution in [0.2, 0.25) is 0 Å². The number of thioether (sulfide) groups is 1. The van der Waals surface area contributed by atoms with Gasteiger partial charge in [0.25, 0.3) is 0 Å². The van der Waals surface area contributed by atoms with Crippen molar-refractivity contribution in [3.63, 3.8) is 0 Å². The third-order valence-electron chi connectivity index (χ3n) is 3.02. The molecule has 1 aromatic heterocycles. The fourth-order valence-corrected chi connectivity index (χ4v) is 3.56. The van der Waals surface area contributed by atoms with E-state index in [2.05, 4.69) is 9.97 Å². The number of alkyl halides is 1. The molecule has 1 aliphatic rings. The third kappa shape index (κ3) is 3.13. The molecule has 0 fully saturated rings. The van der Waals surface area contributed by atoms with Gasteiger partial charge in [-0.2, -0.15) is 0 Å². The van der Waals surface area contributed by atoms with E-state index in [9.17, 15) is 0 Å². The fourth-order valence-electron chi connectivity index (χ4n) is 1.93. The van der Waals surface area contributed by atoms with E-state index in [0.717, 1.165) is 16.2 Å². The first-order valence-corrected chi connectivity index (χ1v) is 7.30. The van der Waals surface area contributed by atoms with Crippen molar-refractivity contribution in [3.8, 4) is 0 Å². The van der Waals surface area contributed by atoms with E-state index in [1.807, 2.05) is 11.8 Å². The molecule has 0 aromatic carbocycles. The number of nitrogen functional groups attached to an aromatic ring is 1. The topological polar surface area (TPSA) is 75.3 Å². The van der Waals surface area contributed by atoms with Crippen LogP contribution in [0.4, 0.5) is 5.82 Å². The van der Waals surface area contributed by atoms with E-state index in [4.69, 9.17) is 22.4 Å². The minimum Gasteiger partial charge on any atom is -0.396 e. The van der Waals surface area contributed by atoms with Crippen molar-refractivity contribution >= 4 is 29.2 Å². The molecule has 1 unspecified atom stereocenters. The second-order valence-electron chi connectivity index (χ2n) is 4.35. The summed E-state index contributed by atoms with van der Waals surface area (Å²) in [6.07, 6.45) is 2.37. The van der Waals surface area contributed by atoms with Crippen LogP contribution in [-0.2, 0) is 6.54 Å². The summed E-state index contributed by atoms with van der Waals surface area (Å²) in [7, 11) is 0. The van der Waals surface area contributed by atoms with Crippen molar-refractivity contribution in [1.29, 1.82) is 0 Å². The van der Waals surface area contributed by atoms with Crippen LogP contribution in [0.5, 0.6) is 0 Å². The summed E-state index contributed by atoms with van der Waals surface area (Å²) in [4.78, 5) is 11.3. The van der Waals surface area contributed by atoms with Gasteiger partial charge in [0.15, 0.2) is 4.83 Å². The molecule has 0 radical (unpaired) electrons. The lowest BCUT2D eigenvalue weighted by Crippen LogP contribution is -2.24. The number of rotatable bonds is 4. The number of nitrogens with two attached hydrogens (primary N) is 1. The van der Waals surface area contributed by atoms with Crippen LogP contribution < -0.4 is 5.73 Å². The Bertz CT molecular complexity index is 509. The summed E-state index contributed by atoms with van der Waals surface area (Å²) < 4.78 is 0. The number of halogens is 1. The van der Waals surface area contributed by atoms with Gasteiger partial charge >= 0.3 is 0 Å². The lowest BCUT2D eigenvalue weighted by atomic mass is 10.2. The number of anilines is 1. The van der Waals surface area contributed by atoms with Gasteiger partial charge in [0.2, 0.25) is 0 Å². The quantitative estimate of drug-likeness (QED) is 0.655. The van der Waals surface area contributed by atoms with E-state index in [-0.39, 0.29) is 11.4 Å². The Hall–Kier alpha value is -0.980. The summed E-state index contributed by atoms with van der Waals surface area (Å²) >= 11 is 7.88. The van der Waals surface area contributed by atoms with Gasteiger partial charge in [-0.25, -0.2) is 9.97 Å². The smallest absolute Gasteiger partial charge is 0.155 e. The molecule has 0 saturated heterocycles. The summed E-state index contributed by atoms with van der Waals surface area (Å²) in [5, 5.41) is 9.03. The lowest BCUT2D eigenvalue weighted by Gasteiger charge is -2.23. The third-order valence-corrected chi connectivity index (χ3v) is 4.75. The van der Waals surface area contributed by atoms with Crippen molar-refractivity contribution in [2.24, 2.45) is 0 Å². The van der Waals surface area contributed by atoms with Crippen LogP contribution in [0.25, 0.3) is 0 Å². The molecule has 0 bridgehead atoms. The van der Waals surface area contributed by atoms with Gasteiger partial charge in [-0.15, -0.1) is 0 Å². The highest BCUT2D eigenvalue weighted by molar-refractivity contribution is 8.04. The number of nitrogens with zero attached hydrogens (tertiary/aromatic N) is 3. The standard InChI is InChI=1S/C12H17ClN4OS/c1-7-10(3-4-18)19-12(13)17(7)6-9-5-15-8(2)16-11(9)14/h5,12,18H,3-4,6H2,1-2H3,(H2,14,15,16). The summed E-state index contributed by atoms with van der Waals surface area (Å²) in [5.41, 5.74) is 7.84. The first-order chi connectivity index (χ1) is 9.02. The fraction of sp³-hybridized carbons (Fsp3) is 0.500. The van der Waals surface area contributed by atoms with Gasteiger partial charge in [-0.05, 0) is 13.8 Å². The second kappa shape index (κ2) is 5.98. The monoisotopic (exact) mass is 300 g/mol. The SMILES string of the molecule is CC1=C(CCO)SC(Cl)N1Cc1cnc(C)nc1N. The molecule has 0 saturated carbocycles. The van der Waals surface area contributed by atoms with E-state index >= 15 is 0 Å². The number of allylic oxidation sites excluding steroid dienone is 1. The molecular formula is C12H17ClN4OS. The van der Waals surface area contributed by atoms with Gasteiger partial charge < -0.3 is 15.7 Å². The van der Waals surface area contributed by atoms with E-state index in [0.29, 0.717) is 24.6 Å². The second-order valence-corrected chi connectivity index (χ2v) is 6.19. The number of aromatic nitrogens is 2. The minimum atomic E-state index is -0.178. The molecule has 19 heavy (non-hydrogen) atoms. The highest BCUT2D eigenvalue weighted by Gasteiger charge is 2.28. The molecule has 1 atom stereocenters. The Morgan fingerprint density at radius 3 is 2.89 bits per heavy atom. The molecule has 2 heterocycles. The van der Waals surface area contributed by atoms with Crippen LogP contribution in [0.1, 0.15) is 24.7 Å². The predicted molar refractivity (Wildman–Crippen MR) is 78.4 cm³/mol. The number of aryl methyl sites for hydroxylation is 1. The molecule has 104 valence electrons. The van der Waals surface area contributed by atoms with Crippen molar-refractivity contribution < 1.29 is 5.11 Å². The average Bonchev–Trinajstić information content (AvgIpc) is 2.60. The van der Waals surface area contributed by atoms with Crippen LogP contribution >= 0.6 is 23.4 Å². The number of aliphatic hydroxyl groups is 1. The largest absolute Gasteiger partial charge is 0.396 e. The number of hydrogen-bond donors (Lipinski definition) is 2. The zero-order valence-corrected chi connectivity index (χ0v) is 12.5. The summed E-state index contributed by atoms with van der Waals surface area (Å²) in [6.45, 7) is 4.52. The maximum atomic E-state index is 9.03. The molecule has 0 aliphatic carbocycles. The maximum Gasteiger partial charge on any atom is 0.155 e. The zero-order chi connectivity index (χ0) is 14.0. The van der Waals surface area contributed by atoms with Crippen LogP contribution in [-0.4, -0.2) is 31.4 Å². The van der Waals surface area contributed by atoms with Crippen molar-refractivity contribution in [3.05, 3.63) is 28.2 Å². The molecule has 3 N–H and O–H groups in total. The Balaban J connectivity index is 2.18. The molecule has 5 nitrogen and oxygen atoms in total. The van der Waals surface area contributed by atoms with Gasteiger partial charge in [0, 0.05) is 35.4 Å². The van der Waals surface area contributed by atoms with Crippen molar-refractivity contribution in [2.45, 2.75) is 31.6 Å². The van der Waals surface area contributed by atoms with Crippen LogP contribution in [0, 0.1) is 6.92 Å². The van der Waals surface area contributed by atoms with E-state index in [1.165, 1.54) is 0 Å². The average molecular weight is 301 g/mol. The maximum absolute atomic E-state index is 9.03. The molecule has 1 aliphatic heterocycles. The molecule has 1 aromatic rings. The predicted octanol–water partition coefficient (Wildman–Crippen LogP) is 2.05. The Morgan fingerprint density at radius 1 is 1.53 bits per heavy atom. The van der Waals surface area contributed by atoms with Gasteiger partial charge in [-0.3, -0.25) is 0 Å². The van der Waals surface area contributed by atoms with E-state index < -0.39 is 0 Å². The Labute approximate surface area is 121 Å². The highest BCUT2D eigenvalue weighted by Crippen LogP contribution is 2.42. The van der Waals surface area contributed by atoms with Crippen LogP contribution in [0.3, 0.4) is 0 Å². The van der Waals surface area contributed by atoms with E-state index in [1.54, 1.807) is 24.9 Å². The number of aliphatic hydroxyl groups excluding tert-OH is 1. The summed E-state index contributed by atoms with van der Waals surface area (Å²) in [6, 6.07) is 0. The molecule has 2 rings (SSSR count). The Kier molecular flexibility index (Phi) is 4.54. The van der Waals surface area contributed by atoms with Gasteiger partial charge in [-0.1, -0.05) is 23.4 Å². The molecule has 0 spiro atoms. The first kappa shape index (κ1) is 14.4. The highest BCUT2D eigenvalue weighted by atomic mass is 35.5. The Morgan fingerprint density at radius 2 is 2.26 bits per heavy atom. The molecule has 0 amide bonds. The normalized spacial score (nSPS) is 19.4. The molecular weight excluding hydrogens is 284 g/mol. The summed E-state index contributed by atoms with van der Waals surface area (Å²) in [5.74, 6) is 1.15. The zero-order valence-electron chi connectivity index (χ0n) is 10.9. The first-order valence-electron chi connectivity index (χ1n) is 5.99. The van der Waals surface area contributed by atoms with Crippen molar-refractivity contribution in [1.82, 2.24) is 14.9 Å². The minimum absolute atomic E-state index is 0.132. The van der Waals surface area contributed by atoms with Crippen LogP contribution in [0.15, 0.2) is 16.8 Å². The van der Waals surface area contributed by atoms with Crippen molar-refractivity contribution in [2.75, 3.05) is 12.3 Å².